The molecule has 0 atom stereocenters. The largest absolute Gasteiger partial charge is 0.310 e. The van der Waals surface area contributed by atoms with Crippen LogP contribution in [-0.2, 0) is 10.8 Å². The zero-order valence-electron chi connectivity index (χ0n) is 32.4. The van der Waals surface area contributed by atoms with Gasteiger partial charge in [0.25, 0.3) is 0 Å². The van der Waals surface area contributed by atoms with E-state index in [0.29, 0.717) is 0 Å². The van der Waals surface area contributed by atoms with Crippen molar-refractivity contribution in [1.29, 1.82) is 0 Å². The van der Waals surface area contributed by atoms with E-state index in [0.717, 1.165) is 11.4 Å². The maximum Gasteiger partial charge on any atom is 0.0503 e. The molecule has 2 aliphatic heterocycles. The molecule has 270 valence electrons. The van der Waals surface area contributed by atoms with E-state index < -0.39 is 0 Å². The van der Waals surface area contributed by atoms with Gasteiger partial charge in [-0.1, -0.05) is 161 Å². The molecule has 0 aliphatic carbocycles. The first-order valence-electron chi connectivity index (χ1n) is 19.7. The summed E-state index contributed by atoms with van der Waals surface area (Å²) < 4.78 is 0. The third-order valence-electron chi connectivity index (χ3n) is 12.2. The van der Waals surface area contributed by atoms with Gasteiger partial charge in [0.05, 0.1) is 22.7 Å². The van der Waals surface area contributed by atoms with Gasteiger partial charge in [-0.25, -0.2) is 0 Å². The van der Waals surface area contributed by atoms with Gasteiger partial charge in [0.1, 0.15) is 0 Å². The smallest absolute Gasteiger partial charge is 0.0503 e. The van der Waals surface area contributed by atoms with Gasteiger partial charge in [0.15, 0.2) is 0 Å². The Bertz CT molecular complexity index is 2570. The number of hydrogen-bond acceptors (Lipinski definition) is 2. The van der Waals surface area contributed by atoms with Crippen LogP contribution in [0, 0.1) is 0 Å². The van der Waals surface area contributed by atoms with E-state index in [1.54, 1.807) is 0 Å². The van der Waals surface area contributed by atoms with Gasteiger partial charge in [-0.05, 0) is 116 Å². The van der Waals surface area contributed by atoms with Crippen LogP contribution in [0.2, 0.25) is 0 Å². The highest BCUT2D eigenvalue weighted by atomic mass is 15.2. The molecular weight excluding hydrogens is 677 g/mol. The standard InChI is InChI=1S/C54H44N2/c1-53(2)45-25-11-13-27-49(45)55(43-23-15-21-39(33-43)37-17-7-5-8-18-37)51-31-29-41(35-47(51)53)42-30-32-52-48(36-42)54(3,4)46-26-12-14-28-50(46)56(52)44-24-16-22-40(34-44)38-19-9-6-10-20-38/h5-36H,1-4H3. The van der Waals surface area contributed by atoms with Crippen molar-refractivity contribution in [3.05, 3.63) is 216 Å². The predicted octanol–water partition coefficient (Wildman–Crippen LogP) is 14.9. The minimum atomic E-state index is -0.206. The van der Waals surface area contributed by atoms with Gasteiger partial charge in [-0.15, -0.1) is 0 Å². The Labute approximate surface area is 331 Å². The average molecular weight is 721 g/mol. The van der Waals surface area contributed by atoms with Crippen molar-refractivity contribution in [3.63, 3.8) is 0 Å². The van der Waals surface area contributed by atoms with Gasteiger partial charge in [0, 0.05) is 22.2 Å². The Morgan fingerprint density at radius 2 is 0.607 bits per heavy atom. The number of benzene rings is 8. The molecular formula is C54H44N2. The summed E-state index contributed by atoms with van der Waals surface area (Å²) in [4.78, 5) is 4.92. The fraction of sp³-hybridized carbons (Fsp3) is 0.111. The second-order valence-corrected chi connectivity index (χ2v) is 16.3. The third-order valence-corrected chi connectivity index (χ3v) is 12.2. The first-order valence-corrected chi connectivity index (χ1v) is 19.7. The lowest BCUT2D eigenvalue weighted by Crippen LogP contribution is -2.31. The maximum absolute atomic E-state index is 2.46. The minimum Gasteiger partial charge on any atom is -0.310 e. The summed E-state index contributed by atoms with van der Waals surface area (Å²) in [5, 5.41) is 0. The van der Waals surface area contributed by atoms with Gasteiger partial charge in [0.2, 0.25) is 0 Å². The van der Waals surface area contributed by atoms with Crippen LogP contribution < -0.4 is 9.80 Å². The zero-order chi connectivity index (χ0) is 38.0. The normalized spacial score (nSPS) is 14.6. The van der Waals surface area contributed by atoms with Crippen molar-refractivity contribution in [1.82, 2.24) is 0 Å². The van der Waals surface area contributed by atoms with E-state index in [2.05, 4.69) is 232 Å². The molecule has 0 bridgehead atoms. The molecule has 0 fully saturated rings. The lowest BCUT2D eigenvalue weighted by atomic mass is 9.71. The fourth-order valence-corrected chi connectivity index (χ4v) is 9.23. The van der Waals surface area contributed by atoms with E-state index in [1.165, 1.54) is 78.4 Å². The number of hydrogen-bond donors (Lipinski definition) is 0. The summed E-state index contributed by atoms with van der Waals surface area (Å²) in [6, 6.07) is 71.3. The topological polar surface area (TPSA) is 6.48 Å². The third kappa shape index (κ3) is 5.39. The van der Waals surface area contributed by atoms with Gasteiger partial charge in [-0.2, -0.15) is 0 Å². The first-order chi connectivity index (χ1) is 27.3. The van der Waals surface area contributed by atoms with Crippen LogP contribution in [0.3, 0.4) is 0 Å². The second kappa shape index (κ2) is 13.0. The predicted molar refractivity (Wildman–Crippen MR) is 236 cm³/mol. The first kappa shape index (κ1) is 33.9. The Kier molecular flexibility index (Phi) is 7.87. The van der Waals surface area contributed by atoms with Gasteiger partial charge in [-0.3, -0.25) is 0 Å². The summed E-state index contributed by atoms with van der Waals surface area (Å²) >= 11 is 0. The zero-order valence-corrected chi connectivity index (χ0v) is 32.4. The van der Waals surface area contributed by atoms with E-state index >= 15 is 0 Å². The van der Waals surface area contributed by atoms with Crippen LogP contribution in [0.1, 0.15) is 49.9 Å². The Hall–Kier alpha value is -6.64. The van der Waals surface area contributed by atoms with Gasteiger partial charge >= 0.3 is 0 Å². The van der Waals surface area contributed by atoms with Crippen LogP contribution in [0.4, 0.5) is 34.1 Å². The molecule has 8 aromatic rings. The van der Waals surface area contributed by atoms with Crippen LogP contribution in [-0.4, -0.2) is 0 Å². The lowest BCUT2D eigenvalue weighted by Gasteiger charge is -2.43. The summed E-state index contributed by atoms with van der Waals surface area (Å²) in [5.41, 5.74) is 19.4. The van der Waals surface area contributed by atoms with E-state index in [1.807, 2.05) is 0 Å². The minimum absolute atomic E-state index is 0.206. The Morgan fingerprint density at radius 3 is 1.04 bits per heavy atom. The van der Waals surface area contributed by atoms with Crippen molar-refractivity contribution in [3.8, 4) is 33.4 Å². The fourth-order valence-electron chi connectivity index (χ4n) is 9.23. The summed E-state index contributed by atoms with van der Waals surface area (Å²) in [7, 11) is 0. The Morgan fingerprint density at radius 1 is 0.268 bits per heavy atom. The van der Waals surface area contributed by atoms with Crippen LogP contribution >= 0.6 is 0 Å². The van der Waals surface area contributed by atoms with Crippen LogP contribution in [0.25, 0.3) is 33.4 Å². The SMILES string of the molecule is CC1(C)c2ccccc2N(c2cccc(-c3ccccc3)c2)c2ccc(-c3ccc4c(c3)C(C)(C)c3ccccc3N4c3cccc(-c4ccccc4)c3)cc21. The average Bonchev–Trinajstić information content (AvgIpc) is 3.25. The molecule has 0 amide bonds. The molecule has 8 aromatic carbocycles. The van der Waals surface area contributed by atoms with Crippen LogP contribution in [0.15, 0.2) is 194 Å². The number of fused-ring (bicyclic) bond motifs is 4. The molecule has 0 spiro atoms. The highest BCUT2D eigenvalue weighted by Gasteiger charge is 2.39. The molecule has 2 aliphatic rings. The molecule has 0 aromatic heterocycles. The lowest BCUT2D eigenvalue weighted by molar-refractivity contribution is 0.631. The van der Waals surface area contributed by atoms with Crippen molar-refractivity contribution in [2.45, 2.75) is 38.5 Å². The van der Waals surface area contributed by atoms with Crippen molar-refractivity contribution in [2.75, 3.05) is 9.80 Å². The summed E-state index contributed by atoms with van der Waals surface area (Å²) in [6.07, 6.45) is 0. The number of para-hydroxylation sites is 2. The molecule has 2 heterocycles. The molecule has 2 nitrogen and oxygen atoms in total. The van der Waals surface area contributed by atoms with E-state index in [9.17, 15) is 0 Å². The molecule has 2 heteroatoms. The Balaban J connectivity index is 1.11. The number of nitrogens with zero attached hydrogens (tertiary/aromatic N) is 2. The van der Waals surface area contributed by atoms with Crippen molar-refractivity contribution in [2.24, 2.45) is 0 Å². The molecule has 0 unspecified atom stereocenters. The molecule has 0 radical (unpaired) electrons. The van der Waals surface area contributed by atoms with Crippen molar-refractivity contribution < 1.29 is 0 Å². The number of rotatable bonds is 5. The second-order valence-electron chi connectivity index (χ2n) is 16.3. The quantitative estimate of drug-likeness (QED) is 0.175. The molecule has 0 saturated carbocycles. The van der Waals surface area contributed by atoms with Crippen molar-refractivity contribution >= 4 is 34.1 Å². The molecule has 56 heavy (non-hydrogen) atoms. The molecule has 0 saturated heterocycles. The highest BCUT2D eigenvalue weighted by molar-refractivity contribution is 5.91. The number of anilines is 6. The summed E-state index contributed by atoms with van der Waals surface area (Å²) in [6.45, 7) is 9.50. The summed E-state index contributed by atoms with van der Waals surface area (Å²) in [5.74, 6) is 0. The van der Waals surface area contributed by atoms with Crippen LogP contribution in [0.5, 0.6) is 0 Å². The maximum atomic E-state index is 2.46. The van der Waals surface area contributed by atoms with Gasteiger partial charge < -0.3 is 9.80 Å². The van der Waals surface area contributed by atoms with E-state index in [4.69, 9.17) is 0 Å². The molecule has 0 N–H and O–H groups in total. The highest BCUT2D eigenvalue weighted by Crippen LogP contribution is 2.55. The van der Waals surface area contributed by atoms with E-state index in [-0.39, 0.29) is 10.8 Å². The monoisotopic (exact) mass is 720 g/mol. The molecule has 10 rings (SSSR count).